The third kappa shape index (κ3) is 7.13. The van der Waals surface area contributed by atoms with E-state index in [-0.39, 0.29) is 6.61 Å². The number of thioether (sulfide) groups is 1. The Morgan fingerprint density at radius 3 is 1.53 bits per heavy atom. The topological polar surface area (TPSA) is 119 Å². The van der Waals surface area contributed by atoms with Gasteiger partial charge in [0.2, 0.25) is 0 Å². The molecule has 174 valence electrons. The zero-order chi connectivity index (χ0) is 23.7. The number of ether oxygens (including phenoxy) is 3. The molecule has 1 aliphatic heterocycles. The van der Waals surface area contributed by atoms with Gasteiger partial charge in [-0.3, -0.25) is 14.4 Å². The number of hydrogen-bond donors (Lipinski definition) is 2. The van der Waals surface area contributed by atoms with Gasteiger partial charge in [-0.1, -0.05) is 0 Å². The highest BCUT2D eigenvalue weighted by atomic mass is 32.2. The highest BCUT2D eigenvalue weighted by Crippen LogP contribution is 2.37. The van der Waals surface area contributed by atoms with Crippen molar-refractivity contribution in [1.82, 2.24) is 0 Å². The molecule has 8 nitrogen and oxygen atoms in total. The average Bonchev–Trinajstić information content (AvgIpc) is 2.56. The first kappa shape index (κ1) is 26.7. The number of carbonyl (C=O) groups excluding carboxylic acids is 3. The van der Waals surface area contributed by atoms with Crippen molar-refractivity contribution in [2.45, 2.75) is 91.3 Å². The molecule has 2 N–H and O–H groups in total. The number of carbonyl (C=O) groups is 3. The van der Waals surface area contributed by atoms with Crippen LogP contribution in [0.25, 0.3) is 0 Å². The van der Waals surface area contributed by atoms with Crippen LogP contribution >= 0.6 is 11.8 Å². The van der Waals surface area contributed by atoms with E-state index in [4.69, 9.17) is 14.2 Å². The average molecular weight is 449 g/mol. The predicted octanol–water partition coefficient (Wildman–Crippen LogP) is 2.29. The van der Waals surface area contributed by atoms with E-state index in [2.05, 4.69) is 0 Å². The molecule has 0 radical (unpaired) electrons. The Labute approximate surface area is 183 Å². The predicted molar refractivity (Wildman–Crippen MR) is 112 cm³/mol. The summed E-state index contributed by atoms with van der Waals surface area (Å²) in [5.74, 6) is -1.64. The fraction of sp³-hybridized carbons (Fsp3) is 0.857. The lowest BCUT2D eigenvalue weighted by atomic mass is 9.96. The lowest BCUT2D eigenvalue weighted by Crippen LogP contribution is -2.58. The minimum absolute atomic E-state index is 0.184. The Kier molecular flexibility index (Phi) is 8.41. The summed E-state index contributed by atoms with van der Waals surface area (Å²) >= 11 is 0.928. The van der Waals surface area contributed by atoms with E-state index in [9.17, 15) is 24.6 Å². The van der Waals surface area contributed by atoms with Crippen molar-refractivity contribution in [3.05, 3.63) is 0 Å². The first-order valence-corrected chi connectivity index (χ1v) is 10.9. The second-order valence-electron chi connectivity index (χ2n) is 10.6. The van der Waals surface area contributed by atoms with Crippen molar-refractivity contribution in [2.75, 3.05) is 6.61 Å². The second-order valence-corrected chi connectivity index (χ2v) is 12.0. The third-order valence-electron chi connectivity index (χ3n) is 4.34. The summed E-state index contributed by atoms with van der Waals surface area (Å²) in [6, 6.07) is 0. The molecule has 0 aromatic carbocycles. The maximum Gasteiger partial charge on any atom is 0.311 e. The van der Waals surface area contributed by atoms with Crippen LogP contribution in [0.2, 0.25) is 0 Å². The van der Waals surface area contributed by atoms with E-state index in [1.54, 1.807) is 62.3 Å². The molecule has 0 saturated carbocycles. The van der Waals surface area contributed by atoms with Gasteiger partial charge in [0, 0.05) is 0 Å². The molecule has 0 aromatic rings. The van der Waals surface area contributed by atoms with Crippen LogP contribution in [-0.4, -0.2) is 63.7 Å². The molecule has 0 bridgehead atoms. The standard InChI is InChI=1S/C21H36O8S/c1-19(2,3)16(24)27-10-11-13(28-17(25)20(4,5)6)12(22)14(15(23)30-11)29-18(26)21(7,8)9/h11-15,22-23H,10H2,1-9H3/t11-,12+,13-,14-,15?/m1/s1. The Hall–Kier alpha value is -1.32. The summed E-state index contributed by atoms with van der Waals surface area (Å²) < 4.78 is 16.2. The van der Waals surface area contributed by atoms with Gasteiger partial charge in [0.15, 0.2) is 6.10 Å². The normalized spacial score (nSPS) is 27.9. The Morgan fingerprint density at radius 1 is 0.733 bits per heavy atom. The van der Waals surface area contributed by atoms with Gasteiger partial charge in [-0.25, -0.2) is 0 Å². The lowest BCUT2D eigenvalue weighted by Gasteiger charge is -2.42. The fourth-order valence-corrected chi connectivity index (χ4v) is 3.54. The fourth-order valence-electron chi connectivity index (χ4n) is 2.29. The molecule has 5 atom stereocenters. The van der Waals surface area contributed by atoms with E-state index in [0.29, 0.717) is 0 Å². The van der Waals surface area contributed by atoms with Crippen LogP contribution in [0, 0.1) is 16.2 Å². The van der Waals surface area contributed by atoms with Gasteiger partial charge in [0.1, 0.15) is 24.3 Å². The summed E-state index contributed by atoms with van der Waals surface area (Å²) in [4.78, 5) is 36.9. The van der Waals surface area contributed by atoms with Crippen LogP contribution in [0.1, 0.15) is 62.3 Å². The van der Waals surface area contributed by atoms with Gasteiger partial charge < -0.3 is 24.4 Å². The zero-order valence-corrected chi connectivity index (χ0v) is 20.2. The number of esters is 3. The monoisotopic (exact) mass is 448 g/mol. The largest absolute Gasteiger partial charge is 0.464 e. The molecular weight excluding hydrogens is 412 g/mol. The molecular formula is C21H36O8S. The Balaban J connectivity index is 3.09. The van der Waals surface area contributed by atoms with Gasteiger partial charge in [-0.15, -0.1) is 11.8 Å². The first-order chi connectivity index (χ1) is 13.4. The van der Waals surface area contributed by atoms with Crippen LogP contribution in [0.4, 0.5) is 0 Å². The van der Waals surface area contributed by atoms with Crippen LogP contribution in [0.15, 0.2) is 0 Å². The van der Waals surface area contributed by atoms with Crippen molar-refractivity contribution < 1.29 is 38.8 Å². The number of rotatable bonds is 4. The molecule has 0 aliphatic carbocycles. The molecule has 0 amide bonds. The van der Waals surface area contributed by atoms with Crippen molar-refractivity contribution in [2.24, 2.45) is 16.2 Å². The molecule has 1 unspecified atom stereocenters. The van der Waals surface area contributed by atoms with Crippen LogP contribution < -0.4 is 0 Å². The van der Waals surface area contributed by atoms with Crippen LogP contribution in [0.5, 0.6) is 0 Å². The minimum atomic E-state index is -1.49. The molecule has 9 heteroatoms. The van der Waals surface area contributed by atoms with E-state index in [0.717, 1.165) is 11.8 Å². The van der Waals surface area contributed by atoms with Crippen molar-refractivity contribution in [1.29, 1.82) is 0 Å². The SMILES string of the molecule is CC(C)(C)C(=O)OC[C@H]1SC(O)[C@H](OC(=O)C(C)(C)C)[C@@H](O)[C@@H]1OC(=O)C(C)(C)C. The number of aliphatic hydroxyl groups excluding tert-OH is 2. The number of aliphatic hydroxyl groups is 2. The molecule has 1 heterocycles. The summed E-state index contributed by atoms with van der Waals surface area (Å²) in [5.41, 5.74) is -3.71. The van der Waals surface area contributed by atoms with Crippen LogP contribution in [0.3, 0.4) is 0 Å². The quantitative estimate of drug-likeness (QED) is 0.493. The van der Waals surface area contributed by atoms with Gasteiger partial charge >= 0.3 is 17.9 Å². The Morgan fingerprint density at radius 2 is 1.13 bits per heavy atom. The molecule has 1 saturated heterocycles. The highest BCUT2D eigenvalue weighted by molar-refractivity contribution is 8.00. The molecule has 1 rings (SSSR count). The van der Waals surface area contributed by atoms with E-state index >= 15 is 0 Å². The molecule has 1 aliphatic rings. The molecule has 1 fully saturated rings. The zero-order valence-electron chi connectivity index (χ0n) is 19.3. The van der Waals surface area contributed by atoms with Gasteiger partial charge in [0.05, 0.1) is 21.5 Å². The Bertz CT molecular complexity index is 639. The minimum Gasteiger partial charge on any atom is -0.464 e. The molecule has 0 aromatic heterocycles. The maximum atomic E-state index is 12.5. The highest BCUT2D eigenvalue weighted by Gasteiger charge is 2.50. The second kappa shape index (κ2) is 9.44. The third-order valence-corrected chi connectivity index (χ3v) is 5.64. The molecule has 0 spiro atoms. The van der Waals surface area contributed by atoms with E-state index in [1.807, 2.05) is 0 Å². The summed E-state index contributed by atoms with van der Waals surface area (Å²) in [6.45, 7) is 14.9. The smallest absolute Gasteiger partial charge is 0.311 e. The van der Waals surface area contributed by atoms with E-state index < -0.39 is 63.2 Å². The molecule has 30 heavy (non-hydrogen) atoms. The van der Waals surface area contributed by atoms with Gasteiger partial charge in [-0.05, 0) is 62.3 Å². The van der Waals surface area contributed by atoms with Crippen LogP contribution in [-0.2, 0) is 28.6 Å². The summed E-state index contributed by atoms with van der Waals surface area (Å²) in [7, 11) is 0. The lowest BCUT2D eigenvalue weighted by molar-refractivity contribution is -0.188. The summed E-state index contributed by atoms with van der Waals surface area (Å²) in [6.07, 6.45) is -3.93. The first-order valence-electron chi connectivity index (χ1n) is 9.96. The number of hydrogen-bond acceptors (Lipinski definition) is 9. The maximum absolute atomic E-state index is 12.5. The van der Waals surface area contributed by atoms with E-state index in [1.165, 1.54) is 0 Å². The van der Waals surface area contributed by atoms with Crippen molar-refractivity contribution in [3.63, 3.8) is 0 Å². The van der Waals surface area contributed by atoms with Gasteiger partial charge in [-0.2, -0.15) is 0 Å². The summed E-state index contributed by atoms with van der Waals surface area (Å²) in [5, 5.41) is 20.6. The van der Waals surface area contributed by atoms with Crippen molar-refractivity contribution in [3.8, 4) is 0 Å². The van der Waals surface area contributed by atoms with Crippen molar-refractivity contribution >= 4 is 29.7 Å². The van der Waals surface area contributed by atoms with Gasteiger partial charge in [0.25, 0.3) is 0 Å².